The van der Waals surface area contributed by atoms with Gasteiger partial charge in [0.05, 0.1) is 6.10 Å². The molecule has 1 aromatic rings. The second-order valence-electron chi connectivity index (χ2n) is 4.18. The lowest BCUT2D eigenvalue weighted by Crippen LogP contribution is -2.22. The molecule has 2 N–H and O–H groups in total. The molecule has 0 radical (unpaired) electrons. The second kappa shape index (κ2) is 5.64. The van der Waals surface area contributed by atoms with Crippen LogP contribution in [0.4, 0.5) is 0 Å². The molecular weight excluding hydrogens is 206 g/mol. The molecule has 0 spiro atoms. The van der Waals surface area contributed by atoms with Gasteiger partial charge in [0.2, 0.25) is 0 Å². The molecule has 1 rings (SSSR count). The number of aliphatic hydroxyl groups is 1. The van der Waals surface area contributed by atoms with Gasteiger partial charge in [-0.1, -0.05) is 0 Å². The van der Waals surface area contributed by atoms with Crippen molar-refractivity contribution in [2.75, 3.05) is 6.54 Å². The van der Waals surface area contributed by atoms with Gasteiger partial charge < -0.3 is 10.4 Å². The fraction of sp³-hybridized carbons (Fsp3) is 0.667. The summed E-state index contributed by atoms with van der Waals surface area (Å²) in [6.45, 7) is 9.18. The topological polar surface area (TPSA) is 32.3 Å². The summed E-state index contributed by atoms with van der Waals surface area (Å²) in [5, 5.41) is 12.6. The van der Waals surface area contributed by atoms with Gasteiger partial charge in [0.15, 0.2) is 0 Å². The van der Waals surface area contributed by atoms with Gasteiger partial charge in [-0.05, 0) is 52.3 Å². The van der Waals surface area contributed by atoms with Crippen molar-refractivity contribution in [3.05, 3.63) is 21.4 Å². The third-order valence-electron chi connectivity index (χ3n) is 2.56. The summed E-state index contributed by atoms with van der Waals surface area (Å²) in [4.78, 5) is 2.76. The van der Waals surface area contributed by atoms with Crippen LogP contribution in [0.25, 0.3) is 0 Å². The zero-order valence-corrected chi connectivity index (χ0v) is 10.8. The Bertz CT molecular complexity index is 307. The molecular formula is C12H21NOS. The number of aryl methyl sites for hydroxylation is 2. The number of aliphatic hydroxyl groups excluding tert-OH is 1. The maximum absolute atomic E-state index is 9.16. The maximum Gasteiger partial charge on any atom is 0.0524 e. The smallest absolute Gasteiger partial charge is 0.0524 e. The Morgan fingerprint density at radius 1 is 1.40 bits per heavy atom. The van der Waals surface area contributed by atoms with Crippen LogP contribution in [0.3, 0.4) is 0 Å². The van der Waals surface area contributed by atoms with Crippen molar-refractivity contribution >= 4 is 11.3 Å². The molecule has 0 amide bonds. The van der Waals surface area contributed by atoms with Crippen LogP contribution < -0.4 is 5.32 Å². The van der Waals surface area contributed by atoms with E-state index >= 15 is 0 Å². The second-order valence-corrected chi connectivity index (χ2v) is 5.64. The first-order valence-corrected chi connectivity index (χ1v) is 6.30. The Balaban J connectivity index is 2.46. The Morgan fingerprint density at radius 3 is 2.53 bits per heavy atom. The summed E-state index contributed by atoms with van der Waals surface area (Å²) in [5.74, 6) is 0. The van der Waals surface area contributed by atoms with E-state index in [2.05, 4.69) is 32.2 Å². The third-order valence-corrected chi connectivity index (χ3v) is 3.54. The molecule has 86 valence electrons. The lowest BCUT2D eigenvalue weighted by atomic mass is 10.1. The summed E-state index contributed by atoms with van der Waals surface area (Å²) in [6.07, 6.45) is 0.599. The minimum absolute atomic E-state index is 0.213. The van der Waals surface area contributed by atoms with E-state index in [1.807, 2.05) is 18.3 Å². The van der Waals surface area contributed by atoms with Crippen molar-refractivity contribution in [2.24, 2.45) is 0 Å². The summed E-state index contributed by atoms with van der Waals surface area (Å²) < 4.78 is 0. The van der Waals surface area contributed by atoms with Gasteiger partial charge in [0.1, 0.15) is 0 Å². The Hall–Kier alpha value is -0.380. The highest BCUT2D eigenvalue weighted by Gasteiger charge is 2.10. The van der Waals surface area contributed by atoms with Crippen molar-refractivity contribution in [3.8, 4) is 0 Å². The van der Waals surface area contributed by atoms with E-state index in [4.69, 9.17) is 5.11 Å². The Kier molecular flexibility index (Phi) is 4.77. The molecule has 0 aliphatic rings. The van der Waals surface area contributed by atoms with Crippen molar-refractivity contribution in [1.29, 1.82) is 0 Å². The lowest BCUT2D eigenvalue weighted by Gasteiger charge is -2.14. The maximum atomic E-state index is 9.16. The summed E-state index contributed by atoms with van der Waals surface area (Å²) >= 11 is 1.85. The Labute approximate surface area is 96.3 Å². The van der Waals surface area contributed by atoms with Crippen LogP contribution in [0.2, 0.25) is 0 Å². The highest BCUT2D eigenvalue weighted by Crippen LogP contribution is 2.25. The number of hydrogen-bond acceptors (Lipinski definition) is 3. The molecule has 1 heterocycles. The van der Waals surface area contributed by atoms with E-state index in [-0.39, 0.29) is 6.10 Å². The quantitative estimate of drug-likeness (QED) is 0.810. The molecule has 0 fully saturated rings. The van der Waals surface area contributed by atoms with Crippen LogP contribution in [0.5, 0.6) is 0 Å². The van der Waals surface area contributed by atoms with Crippen molar-refractivity contribution in [1.82, 2.24) is 5.32 Å². The van der Waals surface area contributed by atoms with E-state index < -0.39 is 0 Å². The Morgan fingerprint density at radius 2 is 2.07 bits per heavy atom. The summed E-state index contributed by atoms with van der Waals surface area (Å²) in [6, 6.07) is 2.63. The summed E-state index contributed by atoms with van der Waals surface area (Å²) in [7, 11) is 0. The zero-order valence-electron chi connectivity index (χ0n) is 10.0. The number of thiophene rings is 1. The average molecular weight is 227 g/mol. The molecule has 0 saturated carbocycles. The highest BCUT2D eigenvalue weighted by atomic mass is 32.1. The average Bonchev–Trinajstić information content (AvgIpc) is 2.44. The molecule has 0 aromatic carbocycles. The van der Waals surface area contributed by atoms with E-state index in [9.17, 15) is 0 Å². The van der Waals surface area contributed by atoms with E-state index in [0.29, 0.717) is 6.04 Å². The van der Waals surface area contributed by atoms with Gasteiger partial charge in [-0.3, -0.25) is 0 Å². The van der Waals surface area contributed by atoms with Gasteiger partial charge in [-0.25, -0.2) is 0 Å². The van der Waals surface area contributed by atoms with Crippen LogP contribution in [-0.2, 0) is 0 Å². The standard InChI is InChI=1S/C12H21NOS/c1-8(14)5-6-13-10(3)12-7-9(2)15-11(12)4/h7-8,10,13-14H,5-6H2,1-4H3. The number of nitrogens with one attached hydrogen (secondary N) is 1. The third kappa shape index (κ3) is 3.93. The van der Waals surface area contributed by atoms with Crippen LogP contribution in [0, 0.1) is 13.8 Å². The monoisotopic (exact) mass is 227 g/mol. The first-order valence-electron chi connectivity index (χ1n) is 5.49. The minimum atomic E-state index is -0.213. The molecule has 1 aromatic heterocycles. The van der Waals surface area contributed by atoms with E-state index in [1.165, 1.54) is 15.3 Å². The molecule has 2 unspecified atom stereocenters. The van der Waals surface area contributed by atoms with Gasteiger partial charge in [0, 0.05) is 15.8 Å². The molecule has 0 aliphatic carbocycles. The van der Waals surface area contributed by atoms with E-state index in [1.54, 1.807) is 0 Å². The van der Waals surface area contributed by atoms with Crippen molar-refractivity contribution in [3.63, 3.8) is 0 Å². The SMILES string of the molecule is Cc1cc(C(C)NCCC(C)O)c(C)s1. The highest BCUT2D eigenvalue weighted by molar-refractivity contribution is 7.12. The van der Waals surface area contributed by atoms with Crippen molar-refractivity contribution < 1.29 is 5.11 Å². The van der Waals surface area contributed by atoms with Crippen LogP contribution >= 0.6 is 11.3 Å². The fourth-order valence-electron chi connectivity index (χ4n) is 1.70. The van der Waals surface area contributed by atoms with Gasteiger partial charge in [-0.2, -0.15) is 0 Å². The van der Waals surface area contributed by atoms with Crippen LogP contribution in [-0.4, -0.2) is 17.8 Å². The molecule has 15 heavy (non-hydrogen) atoms. The molecule has 2 nitrogen and oxygen atoms in total. The van der Waals surface area contributed by atoms with E-state index in [0.717, 1.165) is 13.0 Å². The van der Waals surface area contributed by atoms with Gasteiger partial charge in [0.25, 0.3) is 0 Å². The minimum Gasteiger partial charge on any atom is -0.393 e. The predicted molar refractivity (Wildman–Crippen MR) is 66.5 cm³/mol. The molecule has 2 atom stereocenters. The van der Waals surface area contributed by atoms with Gasteiger partial charge in [-0.15, -0.1) is 11.3 Å². The van der Waals surface area contributed by atoms with Crippen LogP contribution in [0.1, 0.15) is 41.6 Å². The molecule has 0 bridgehead atoms. The molecule has 3 heteroatoms. The first-order chi connectivity index (χ1) is 7.00. The predicted octanol–water partition coefficient (Wildman–Crippen LogP) is 2.79. The normalized spacial score (nSPS) is 15.3. The zero-order chi connectivity index (χ0) is 11.4. The summed E-state index contributed by atoms with van der Waals surface area (Å²) in [5.41, 5.74) is 1.39. The van der Waals surface area contributed by atoms with Gasteiger partial charge >= 0.3 is 0 Å². The fourth-order valence-corrected chi connectivity index (χ4v) is 2.72. The number of rotatable bonds is 5. The van der Waals surface area contributed by atoms with Crippen LogP contribution in [0.15, 0.2) is 6.07 Å². The lowest BCUT2D eigenvalue weighted by molar-refractivity contribution is 0.182. The number of hydrogen-bond donors (Lipinski definition) is 2. The van der Waals surface area contributed by atoms with Crippen molar-refractivity contribution in [2.45, 2.75) is 46.3 Å². The molecule has 0 saturated heterocycles. The largest absolute Gasteiger partial charge is 0.393 e. The first kappa shape index (κ1) is 12.7. The molecule has 0 aliphatic heterocycles.